The number of ether oxygens (including phenoxy) is 2. The van der Waals surface area contributed by atoms with Crippen LogP contribution in [0.4, 0.5) is 0 Å². The van der Waals surface area contributed by atoms with Crippen molar-refractivity contribution in [1.82, 2.24) is 4.90 Å². The van der Waals surface area contributed by atoms with Gasteiger partial charge in [-0.15, -0.1) is 0 Å². The molecule has 1 aliphatic heterocycles. The second kappa shape index (κ2) is 9.92. The summed E-state index contributed by atoms with van der Waals surface area (Å²) in [6, 6.07) is 31.9. The van der Waals surface area contributed by atoms with Gasteiger partial charge in [0.15, 0.2) is 11.5 Å². The molecule has 0 bridgehead atoms. The molecule has 1 atom stereocenters. The summed E-state index contributed by atoms with van der Waals surface area (Å²) in [5, 5.41) is 0.747. The lowest BCUT2D eigenvalue weighted by atomic mass is 9.87. The van der Waals surface area contributed by atoms with E-state index in [4.69, 9.17) is 21.1 Å². The highest BCUT2D eigenvalue weighted by molar-refractivity contribution is 6.30. The second-order valence-corrected chi connectivity index (χ2v) is 9.08. The lowest BCUT2D eigenvalue weighted by Crippen LogP contribution is -2.35. The van der Waals surface area contributed by atoms with Crippen LogP contribution in [-0.2, 0) is 13.0 Å². The Morgan fingerprint density at radius 1 is 0.794 bits per heavy atom. The lowest BCUT2D eigenvalue weighted by Gasteiger charge is -2.38. The minimum atomic E-state index is 0.0797. The van der Waals surface area contributed by atoms with Crippen molar-refractivity contribution in [2.45, 2.75) is 19.0 Å². The fourth-order valence-electron chi connectivity index (χ4n) is 4.90. The van der Waals surface area contributed by atoms with Gasteiger partial charge in [0.25, 0.3) is 0 Å². The molecule has 172 valence electrons. The highest BCUT2D eigenvalue weighted by Crippen LogP contribution is 2.42. The summed E-state index contributed by atoms with van der Waals surface area (Å²) in [5.41, 5.74) is 7.47. The Morgan fingerprint density at radius 2 is 1.50 bits per heavy atom. The molecule has 1 heterocycles. The van der Waals surface area contributed by atoms with E-state index >= 15 is 0 Å². The van der Waals surface area contributed by atoms with E-state index in [9.17, 15) is 0 Å². The molecule has 0 fully saturated rings. The standard InChI is InChI=1S/C30H28ClNO2/c1-33-28-18-24-15-16-32(20-21-11-13-23(14-12-21)22-7-4-3-5-8-22)30(27(24)19-29(28)34-2)25-9-6-10-26(31)17-25/h3-14,17-19,30H,15-16,20H2,1-2H3. The summed E-state index contributed by atoms with van der Waals surface area (Å²) in [5.74, 6) is 1.53. The van der Waals surface area contributed by atoms with E-state index in [0.717, 1.165) is 36.0 Å². The van der Waals surface area contributed by atoms with Gasteiger partial charge in [-0.25, -0.2) is 0 Å². The third kappa shape index (κ3) is 4.54. The van der Waals surface area contributed by atoms with Crippen LogP contribution in [0.5, 0.6) is 11.5 Å². The first-order valence-electron chi connectivity index (χ1n) is 11.5. The molecule has 4 aromatic carbocycles. The van der Waals surface area contributed by atoms with Crippen LogP contribution in [-0.4, -0.2) is 25.7 Å². The van der Waals surface area contributed by atoms with Crippen molar-refractivity contribution in [2.24, 2.45) is 0 Å². The van der Waals surface area contributed by atoms with E-state index in [0.29, 0.717) is 0 Å². The van der Waals surface area contributed by atoms with Crippen molar-refractivity contribution in [2.75, 3.05) is 20.8 Å². The highest BCUT2D eigenvalue weighted by Gasteiger charge is 2.30. The Bertz CT molecular complexity index is 1270. The molecule has 1 unspecified atom stereocenters. The summed E-state index contributed by atoms with van der Waals surface area (Å²) in [4.78, 5) is 2.53. The number of hydrogen-bond acceptors (Lipinski definition) is 3. The summed E-state index contributed by atoms with van der Waals surface area (Å²) >= 11 is 6.42. The number of benzene rings is 4. The van der Waals surface area contributed by atoms with E-state index < -0.39 is 0 Å². The maximum atomic E-state index is 6.42. The number of methoxy groups -OCH3 is 2. The Balaban J connectivity index is 1.50. The Hall–Kier alpha value is -3.27. The fourth-order valence-corrected chi connectivity index (χ4v) is 5.10. The molecule has 4 heteroatoms. The molecule has 3 nitrogen and oxygen atoms in total. The quantitative estimate of drug-likeness (QED) is 0.298. The highest BCUT2D eigenvalue weighted by atomic mass is 35.5. The number of halogens is 1. The molecule has 0 amide bonds. The molecule has 34 heavy (non-hydrogen) atoms. The topological polar surface area (TPSA) is 21.7 Å². The van der Waals surface area contributed by atoms with Gasteiger partial charge < -0.3 is 9.47 Å². The van der Waals surface area contributed by atoms with Crippen molar-refractivity contribution in [3.05, 3.63) is 118 Å². The van der Waals surface area contributed by atoms with Gasteiger partial charge in [0.2, 0.25) is 0 Å². The molecule has 0 saturated heterocycles. The van der Waals surface area contributed by atoms with Crippen molar-refractivity contribution in [1.29, 1.82) is 0 Å². The van der Waals surface area contributed by atoms with Crippen LogP contribution in [0.1, 0.15) is 28.3 Å². The van der Waals surface area contributed by atoms with Crippen LogP contribution in [0.25, 0.3) is 11.1 Å². The van der Waals surface area contributed by atoms with Gasteiger partial charge in [-0.05, 0) is 64.1 Å². The molecule has 0 saturated carbocycles. The monoisotopic (exact) mass is 469 g/mol. The predicted molar refractivity (Wildman–Crippen MR) is 139 cm³/mol. The third-order valence-electron chi connectivity index (χ3n) is 6.58. The van der Waals surface area contributed by atoms with Crippen molar-refractivity contribution < 1.29 is 9.47 Å². The van der Waals surface area contributed by atoms with Gasteiger partial charge >= 0.3 is 0 Å². The number of nitrogens with zero attached hydrogens (tertiary/aromatic N) is 1. The molecule has 0 aliphatic carbocycles. The first-order valence-corrected chi connectivity index (χ1v) is 11.9. The molecule has 0 radical (unpaired) electrons. The van der Waals surface area contributed by atoms with Crippen molar-refractivity contribution in [3.63, 3.8) is 0 Å². The summed E-state index contributed by atoms with van der Waals surface area (Å²) in [6.45, 7) is 1.79. The third-order valence-corrected chi connectivity index (χ3v) is 6.82. The summed E-state index contributed by atoms with van der Waals surface area (Å²) in [7, 11) is 3.38. The first-order chi connectivity index (χ1) is 16.7. The van der Waals surface area contributed by atoms with E-state index in [1.165, 1.54) is 33.4 Å². The van der Waals surface area contributed by atoms with E-state index in [2.05, 4.69) is 77.7 Å². The smallest absolute Gasteiger partial charge is 0.161 e. The van der Waals surface area contributed by atoms with Crippen LogP contribution in [0.3, 0.4) is 0 Å². The Kier molecular flexibility index (Phi) is 6.57. The molecule has 0 spiro atoms. The molecule has 5 rings (SSSR count). The first kappa shape index (κ1) is 22.5. The van der Waals surface area contributed by atoms with E-state index in [1.54, 1.807) is 14.2 Å². The van der Waals surface area contributed by atoms with Gasteiger partial charge in [0, 0.05) is 18.1 Å². The van der Waals surface area contributed by atoms with Crippen LogP contribution in [0, 0.1) is 0 Å². The molecular weight excluding hydrogens is 442 g/mol. The fraction of sp³-hybridized carbons (Fsp3) is 0.200. The van der Waals surface area contributed by atoms with Crippen molar-refractivity contribution in [3.8, 4) is 22.6 Å². The van der Waals surface area contributed by atoms with Crippen LogP contribution < -0.4 is 9.47 Å². The molecule has 1 aliphatic rings. The molecule has 4 aromatic rings. The van der Waals surface area contributed by atoms with Gasteiger partial charge in [-0.3, -0.25) is 4.90 Å². The Morgan fingerprint density at radius 3 is 2.21 bits per heavy atom. The largest absolute Gasteiger partial charge is 0.493 e. The zero-order valence-corrected chi connectivity index (χ0v) is 20.3. The van der Waals surface area contributed by atoms with Crippen LogP contribution in [0.2, 0.25) is 5.02 Å². The average molecular weight is 470 g/mol. The maximum absolute atomic E-state index is 6.42. The SMILES string of the molecule is COc1cc2c(cc1OC)C(c1cccc(Cl)c1)N(Cc1ccc(-c3ccccc3)cc1)CC2. The van der Waals surface area contributed by atoms with E-state index in [-0.39, 0.29) is 6.04 Å². The molecule has 0 N–H and O–H groups in total. The minimum Gasteiger partial charge on any atom is -0.493 e. The van der Waals surface area contributed by atoms with Gasteiger partial charge in [-0.1, -0.05) is 78.3 Å². The number of fused-ring (bicyclic) bond motifs is 1. The van der Waals surface area contributed by atoms with Gasteiger partial charge in [0.05, 0.1) is 20.3 Å². The number of hydrogen-bond donors (Lipinski definition) is 0. The average Bonchev–Trinajstić information content (AvgIpc) is 2.88. The molecular formula is C30H28ClNO2. The van der Waals surface area contributed by atoms with E-state index in [1.807, 2.05) is 18.2 Å². The van der Waals surface area contributed by atoms with Crippen molar-refractivity contribution >= 4 is 11.6 Å². The Labute approximate surface area is 206 Å². The molecule has 0 aromatic heterocycles. The summed E-state index contributed by atoms with van der Waals surface area (Å²) in [6.07, 6.45) is 0.953. The predicted octanol–water partition coefficient (Wildman–Crippen LogP) is 7.17. The second-order valence-electron chi connectivity index (χ2n) is 8.65. The van der Waals surface area contributed by atoms with Crippen LogP contribution in [0.15, 0.2) is 91.0 Å². The van der Waals surface area contributed by atoms with Gasteiger partial charge in [-0.2, -0.15) is 0 Å². The normalized spacial score (nSPS) is 15.6. The zero-order valence-electron chi connectivity index (χ0n) is 19.5. The van der Waals surface area contributed by atoms with Crippen LogP contribution >= 0.6 is 11.6 Å². The zero-order chi connectivity index (χ0) is 23.5. The maximum Gasteiger partial charge on any atom is 0.161 e. The summed E-state index contributed by atoms with van der Waals surface area (Å²) < 4.78 is 11.2. The minimum absolute atomic E-state index is 0.0797. The van der Waals surface area contributed by atoms with Gasteiger partial charge in [0.1, 0.15) is 0 Å². The lowest BCUT2D eigenvalue weighted by molar-refractivity contribution is 0.203. The number of rotatable bonds is 6.